The largest absolute Gasteiger partial charge is 0.342 e. The Labute approximate surface area is 148 Å². The Morgan fingerprint density at radius 3 is 2.96 bits per heavy atom. The summed E-state index contributed by atoms with van der Waals surface area (Å²) in [4.78, 5) is 28.0. The number of amides is 1. The molecule has 3 heterocycles. The number of pyridine rings is 1. The number of hydrogen-bond acceptors (Lipinski definition) is 4. The van der Waals surface area contributed by atoms with E-state index in [1.54, 1.807) is 12.4 Å². The van der Waals surface area contributed by atoms with Crippen LogP contribution in [0.25, 0.3) is 0 Å². The van der Waals surface area contributed by atoms with Crippen LogP contribution in [0.1, 0.15) is 48.3 Å². The second-order valence-corrected chi connectivity index (χ2v) is 7.35. The maximum absolute atomic E-state index is 12.8. The van der Waals surface area contributed by atoms with E-state index < -0.39 is 0 Å². The molecule has 1 amide bonds. The van der Waals surface area contributed by atoms with Gasteiger partial charge in [0.25, 0.3) is 0 Å². The van der Waals surface area contributed by atoms with E-state index in [-0.39, 0.29) is 11.3 Å². The van der Waals surface area contributed by atoms with E-state index in [0.717, 1.165) is 51.0 Å². The number of rotatable bonds is 3. The average Bonchev–Trinajstić information content (AvgIpc) is 2.98. The normalized spacial score (nSPS) is 22.2. The summed E-state index contributed by atoms with van der Waals surface area (Å²) >= 11 is 0. The Morgan fingerprint density at radius 2 is 2.12 bits per heavy atom. The highest BCUT2D eigenvalue weighted by molar-refractivity contribution is 5.76. The zero-order chi connectivity index (χ0) is 17.3. The zero-order valence-corrected chi connectivity index (χ0v) is 14.7. The zero-order valence-electron chi connectivity index (χ0n) is 14.7. The van der Waals surface area contributed by atoms with Gasteiger partial charge >= 0.3 is 0 Å². The molecule has 5 heteroatoms. The van der Waals surface area contributed by atoms with E-state index in [0.29, 0.717) is 6.42 Å². The van der Waals surface area contributed by atoms with Gasteiger partial charge in [0.1, 0.15) is 5.82 Å². The second-order valence-electron chi connectivity index (χ2n) is 7.35. The molecule has 1 fully saturated rings. The first kappa shape index (κ1) is 16.2. The van der Waals surface area contributed by atoms with E-state index in [2.05, 4.69) is 14.9 Å². The third-order valence-electron chi connectivity index (χ3n) is 5.67. The lowest BCUT2D eigenvalue weighted by molar-refractivity contribution is -0.133. The first-order chi connectivity index (χ1) is 12.2. The molecule has 1 aliphatic carbocycles. The molecule has 0 saturated carbocycles. The van der Waals surface area contributed by atoms with Crippen molar-refractivity contribution in [2.45, 2.75) is 50.9 Å². The average molecular weight is 336 g/mol. The standard InChI is InChI=1S/C20H24N4O/c1-15-22-13-17-5-9-20(19(17)23-15)8-2-12-24(14-20)18(25)4-3-16-6-10-21-11-7-16/h6-7,10-11,13H,2-5,8-9,12,14H2,1H3. The Hall–Kier alpha value is -2.30. The highest BCUT2D eigenvalue weighted by Gasteiger charge is 2.44. The first-order valence-electron chi connectivity index (χ1n) is 9.16. The van der Waals surface area contributed by atoms with Crippen molar-refractivity contribution in [2.75, 3.05) is 13.1 Å². The Kier molecular flexibility index (Phi) is 4.24. The van der Waals surface area contributed by atoms with Crippen LogP contribution in [-0.4, -0.2) is 38.8 Å². The molecule has 1 saturated heterocycles. The SMILES string of the molecule is Cc1ncc2c(n1)C1(CCCN(C(=O)CCc3ccncc3)C1)CC2. The molecule has 0 radical (unpaired) electrons. The summed E-state index contributed by atoms with van der Waals surface area (Å²) in [5.41, 5.74) is 3.70. The van der Waals surface area contributed by atoms with Crippen molar-refractivity contribution in [1.82, 2.24) is 19.9 Å². The van der Waals surface area contributed by atoms with Gasteiger partial charge in [0.05, 0.1) is 5.69 Å². The van der Waals surface area contributed by atoms with Gasteiger partial charge in [-0.3, -0.25) is 9.78 Å². The Balaban J connectivity index is 1.47. The van der Waals surface area contributed by atoms with Crippen LogP contribution in [0.15, 0.2) is 30.7 Å². The smallest absolute Gasteiger partial charge is 0.222 e. The number of fused-ring (bicyclic) bond motifs is 2. The number of carbonyl (C=O) groups is 1. The summed E-state index contributed by atoms with van der Waals surface area (Å²) in [5, 5.41) is 0. The van der Waals surface area contributed by atoms with Crippen LogP contribution in [-0.2, 0) is 23.1 Å². The quantitative estimate of drug-likeness (QED) is 0.864. The molecule has 130 valence electrons. The predicted octanol–water partition coefficient (Wildman–Crippen LogP) is 2.62. The van der Waals surface area contributed by atoms with Crippen LogP contribution in [0.3, 0.4) is 0 Å². The number of likely N-dealkylation sites (tertiary alicyclic amines) is 1. The molecule has 0 bridgehead atoms. The van der Waals surface area contributed by atoms with Crippen molar-refractivity contribution >= 4 is 5.91 Å². The van der Waals surface area contributed by atoms with Crippen molar-refractivity contribution in [3.8, 4) is 0 Å². The van der Waals surface area contributed by atoms with E-state index >= 15 is 0 Å². The summed E-state index contributed by atoms with van der Waals surface area (Å²) in [6.07, 6.45) is 11.2. The third-order valence-corrected chi connectivity index (χ3v) is 5.67. The number of aromatic nitrogens is 3. The Morgan fingerprint density at radius 1 is 1.28 bits per heavy atom. The highest BCUT2D eigenvalue weighted by atomic mass is 16.2. The first-order valence-corrected chi connectivity index (χ1v) is 9.16. The molecule has 1 aliphatic heterocycles. The summed E-state index contributed by atoms with van der Waals surface area (Å²) in [5.74, 6) is 1.09. The molecule has 1 atom stereocenters. The lowest BCUT2D eigenvalue weighted by atomic mass is 9.77. The lowest BCUT2D eigenvalue weighted by Gasteiger charge is -2.40. The minimum Gasteiger partial charge on any atom is -0.342 e. The van der Waals surface area contributed by atoms with Gasteiger partial charge in [0.15, 0.2) is 0 Å². The fourth-order valence-electron chi connectivity index (χ4n) is 4.33. The maximum Gasteiger partial charge on any atom is 0.222 e. The molecule has 0 aromatic carbocycles. The van der Waals surface area contributed by atoms with Crippen LogP contribution in [0.4, 0.5) is 0 Å². The van der Waals surface area contributed by atoms with Gasteiger partial charge in [0.2, 0.25) is 5.91 Å². The van der Waals surface area contributed by atoms with Gasteiger partial charge in [-0.1, -0.05) is 0 Å². The second kappa shape index (κ2) is 6.54. The molecule has 5 nitrogen and oxygen atoms in total. The van der Waals surface area contributed by atoms with E-state index in [1.807, 2.05) is 25.3 Å². The molecular weight excluding hydrogens is 312 g/mol. The molecule has 1 spiro atoms. The number of hydrogen-bond donors (Lipinski definition) is 0. The number of piperidine rings is 1. The number of carbonyl (C=O) groups excluding carboxylic acids is 1. The van der Waals surface area contributed by atoms with Crippen LogP contribution in [0.5, 0.6) is 0 Å². The highest BCUT2D eigenvalue weighted by Crippen LogP contribution is 2.43. The van der Waals surface area contributed by atoms with E-state index in [4.69, 9.17) is 4.98 Å². The summed E-state index contributed by atoms with van der Waals surface area (Å²) in [6, 6.07) is 3.97. The fraction of sp³-hybridized carbons (Fsp3) is 0.500. The van der Waals surface area contributed by atoms with Gasteiger partial charge in [-0.25, -0.2) is 9.97 Å². The molecule has 1 unspecified atom stereocenters. The third kappa shape index (κ3) is 3.15. The topological polar surface area (TPSA) is 59.0 Å². The number of aryl methyl sites for hydroxylation is 3. The van der Waals surface area contributed by atoms with Gasteiger partial charge in [0, 0.05) is 43.5 Å². The lowest BCUT2D eigenvalue weighted by Crippen LogP contribution is -2.48. The van der Waals surface area contributed by atoms with Crippen molar-refractivity contribution < 1.29 is 4.79 Å². The minimum absolute atomic E-state index is 0.0492. The molecule has 25 heavy (non-hydrogen) atoms. The molecule has 4 rings (SSSR count). The van der Waals surface area contributed by atoms with Crippen molar-refractivity contribution in [3.63, 3.8) is 0 Å². The number of nitrogens with zero attached hydrogens (tertiary/aromatic N) is 4. The van der Waals surface area contributed by atoms with Crippen LogP contribution >= 0.6 is 0 Å². The maximum atomic E-state index is 12.8. The van der Waals surface area contributed by atoms with Gasteiger partial charge in [-0.2, -0.15) is 0 Å². The van der Waals surface area contributed by atoms with Crippen molar-refractivity contribution in [2.24, 2.45) is 0 Å². The van der Waals surface area contributed by atoms with E-state index in [1.165, 1.54) is 16.8 Å². The van der Waals surface area contributed by atoms with Gasteiger partial charge in [-0.15, -0.1) is 0 Å². The summed E-state index contributed by atoms with van der Waals surface area (Å²) in [7, 11) is 0. The van der Waals surface area contributed by atoms with Crippen molar-refractivity contribution in [1.29, 1.82) is 0 Å². The molecule has 0 N–H and O–H groups in total. The Bertz CT molecular complexity index is 773. The summed E-state index contributed by atoms with van der Waals surface area (Å²) < 4.78 is 0. The van der Waals surface area contributed by atoms with E-state index in [9.17, 15) is 4.79 Å². The molecule has 2 aromatic rings. The van der Waals surface area contributed by atoms with Crippen LogP contribution < -0.4 is 0 Å². The monoisotopic (exact) mass is 336 g/mol. The molecule has 2 aliphatic rings. The minimum atomic E-state index is 0.0492. The van der Waals surface area contributed by atoms with Crippen LogP contribution in [0.2, 0.25) is 0 Å². The molecular formula is C20H24N4O. The van der Waals surface area contributed by atoms with Gasteiger partial charge < -0.3 is 4.90 Å². The predicted molar refractivity (Wildman–Crippen MR) is 95.1 cm³/mol. The van der Waals surface area contributed by atoms with Gasteiger partial charge in [-0.05, 0) is 62.3 Å². The van der Waals surface area contributed by atoms with Crippen molar-refractivity contribution in [3.05, 3.63) is 53.4 Å². The summed E-state index contributed by atoms with van der Waals surface area (Å²) in [6.45, 7) is 3.63. The van der Waals surface area contributed by atoms with Crippen LogP contribution in [0, 0.1) is 6.92 Å². The molecule has 2 aromatic heterocycles. The fourth-order valence-corrected chi connectivity index (χ4v) is 4.33.